The molecular weight excluding hydrogens is 517 g/mol. The average Bonchev–Trinajstić information content (AvgIpc) is 3.29. The summed E-state index contributed by atoms with van der Waals surface area (Å²) in [5.74, 6) is 5.65. The monoisotopic (exact) mass is 546 g/mol. The van der Waals surface area contributed by atoms with Gasteiger partial charge in [-0.3, -0.25) is 14.8 Å². The van der Waals surface area contributed by atoms with Crippen LogP contribution in [0.5, 0.6) is 0 Å². The number of alkyl halides is 3. The topological polar surface area (TPSA) is 77.2 Å². The lowest BCUT2D eigenvalue weighted by Gasteiger charge is -2.33. The lowest BCUT2D eigenvalue weighted by atomic mass is 10.0. The Hall–Kier alpha value is -4.20. The van der Waals surface area contributed by atoms with Crippen LogP contribution in [0.1, 0.15) is 43.9 Å². The zero-order valence-electron chi connectivity index (χ0n) is 22.5. The summed E-state index contributed by atoms with van der Waals surface area (Å²) >= 11 is 0. The first-order valence-corrected chi connectivity index (χ1v) is 12.9. The van der Waals surface area contributed by atoms with Crippen LogP contribution in [-0.4, -0.2) is 64.1 Å². The van der Waals surface area contributed by atoms with Gasteiger partial charge in [0, 0.05) is 72.4 Å². The fourth-order valence-electron chi connectivity index (χ4n) is 4.63. The number of nitrogens with one attached hydrogen (secondary N) is 2. The lowest BCUT2D eigenvalue weighted by Crippen LogP contribution is -2.44. The van der Waals surface area contributed by atoms with Crippen LogP contribution in [0.15, 0.2) is 48.7 Å². The predicted octanol–water partition coefficient (Wildman–Crippen LogP) is 4.99. The minimum atomic E-state index is -4.54. The third-order valence-electron chi connectivity index (χ3n) is 7.10. The average molecular weight is 547 g/mol. The van der Waals surface area contributed by atoms with Crippen molar-refractivity contribution in [2.45, 2.75) is 26.6 Å². The molecule has 0 radical (unpaired) electrons. The molecule has 0 spiro atoms. The third kappa shape index (κ3) is 6.17. The van der Waals surface area contributed by atoms with Gasteiger partial charge in [0.05, 0.1) is 5.56 Å². The normalized spacial score (nSPS) is 14.7. The Bertz CT molecular complexity index is 1620. The fraction of sp³-hybridized carbons (Fsp3) is 0.300. The molecular formula is C30H29F3N6O. The molecule has 0 aliphatic carbocycles. The maximum absolute atomic E-state index is 14.0. The molecule has 7 nitrogen and oxygen atoms in total. The summed E-state index contributed by atoms with van der Waals surface area (Å²) in [6.45, 7) is 7.03. The highest BCUT2D eigenvalue weighted by atomic mass is 19.4. The van der Waals surface area contributed by atoms with Crippen LogP contribution in [0, 0.1) is 25.7 Å². The molecule has 10 heteroatoms. The number of halogens is 3. The zero-order chi connectivity index (χ0) is 28.4. The van der Waals surface area contributed by atoms with Gasteiger partial charge in [-0.2, -0.15) is 18.3 Å². The summed E-state index contributed by atoms with van der Waals surface area (Å²) in [5, 5.41) is 10.5. The van der Waals surface area contributed by atoms with Gasteiger partial charge in [0.2, 0.25) is 0 Å². The summed E-state index contributed by atoms with van der Waals surface area (Å²) in [7, 11) is 2.00. The SMILES string of the molecule is Cc1ccc(C(=O)Nc2ccc(CN3CCN(C)CC3)c(C(F)(F)F)c2)cc1C#Cc1cnc2n[nH]c(C)c2c1. The molecule has 2 N–H and O–H groups in total. The number of anilines is 1. The van der Waals surface area contributed by atoms with E-state index in [1.165, 1.54) is 12.1 Å². The number of nitrogens with zero attached hydrogens (tertiary/aromatic N) is 4. The van der Waals surface area contributed by atoms with E-state index >= 15 is 0 Å². The number of carbonyl (C=O) groups excluding carboxylic acids is 1. The number of carbonyl (C=O) groups is 1. The Labute approximate surface area is 230 Å². The zero-order valence-corrected chi connectivity index (χ0v) is 22.5. The second-order valence-electron chi connectivity index (χ2n) is 10.1. The number of benzene rings is 2. The molecule has 1 aliphatic heterocycles. The summed E-state index contributed by atoms with van der Waals surface area (Å²) in [5.41, 5.74) is 3.54. The first kappa shape index (κ1) is 27.4. The van der Waals surface area contributed by atoms with Gasteiger partial charge in [-0.1, -0.05) is 24.0 Å². The van der Waals surface area contributed by atoms with Crippen LogP contribution < -0.4 is 5.32 Å². The van der Waals surface area contributed by atoms with Gasteiger partial charge < -0.3 is 10.2 Å². The fourth-order valence-corrected chi connectivity index (χ4v) is 4.63. The number of hydrogen-bond acceptors (Lipinski definition) is 5. The van der Waals surface area contributed by atoms with Crippen molar-refractivity contribution in [3.8, 4) is 11.8 Å². The van der Waals surface area contributed by atoms with Gasteiger partial charge in [0.1, 0.15) is 0 Å². The number of likely N-dealkylation sites (N-methyl/N-ethyl adjacent to an activating group) is 1. The molecule has 0 saturated carbocycles. The van der Waals surface area contributed by atoms with Crippen molar-refractivity contribution in [1.82, 2.24) is 25.0 Å². The Morgan fingerprint density at radius 1 is 1.05 bits per heavy atom. The van der Waals surface area contributed by atoms with Gasteiger partial charge >= 0.3 is 6.18 Å². The third-order valence-corrected chi connectivity index (χ3v) is 7.10. The largest absolute Gasteiger partial charge is 0.416 e. The van der Waals surface area contributed by atoms with Crippen molar-refractivity contribution in [1.29, 1.82) is 0 Å². The second-order valence-corrected chi connectivity index (χ2v) is 10.1. The van der Waals surface area contributed by atoms with E-state index in [0.29, 0.717) is 35.4 Å². The molecule has 2 aromatic carbocycles. The molecule has 0 atom stereocenters. The molecule has 2 aromatic heterocycles. The first-order valence-electron chi connectivity index (χ1n) is 12.9. The van der Waals surface area contributed by atoms with E-state index in [2.05, 4.69) is 37.2 Å². The van der Waals surface area contributed by atoms with Crippen LogP contribution >= 0.6 is 0 Å². The van der Waals surface area contributed by atoms with Crippen LogP contribution in [0.3, 0.4) is 0 Å². The Morgan fingerprint density at radius 2 is 1.82 bits per heavy atom. The number of aromatic nitrogens is 3. The molecule has 1 amide bonds. The highest BCUT2D eigenvalue weighted by Gasteiger charge is 2.34. The number of rotatable bonds is 4. The molecule has 5 rings (SSSR count). The number of amides is 1. The molecule has 40 heavy (non-hydrogen) atoms. The number of H-pyrrole nitrogens is 1. The summed E-state index contributed by atoms with van der Waals surface area (Å²) in [6, 6.07) is 10.9. The first-order chi connectivity index (χ1) is 19.1. The molecule has 1 fully saturated rings. The van der Waals surface area contributed by atoms with Crippen LogP contribution in [-0.2, 0) is 12.7 Å². The van der Waals surface area contributed by atoms with Crippen molar-refractivity contribution >= 4 is 22.6 Å². The van der Waals surface area contributed by atoms with Crippen LogP contribution in [0.4, 0.5) is 18.9 Å². The van der Waals surface area contributed by atoms with Gasteiger partial charge in [0.25, 0.3) is 5.91 Å². The van der Waals surface area contributed by atoms with E-state index in [1.807, 2.05) is 31.9 Å². The second kappa shape index (κ2) is 11.1. The minimum absolute atomic E-state index is 0.0857. The molecule has 0 unspecified atom stereocenters. The van der Waals surface area contributed by atoms with Crippen LogP contribution in [0.2, 0.25) is 0 Å². The molecule has 206 valence electrons. The number of piperazine rings is 1. The maximum atomic E-state index is 14.0. The van der Waals surface area contributed by atoms with Crippen molar-refractivity contribution in [3.63, 3.8) is 0 Å². The highest BCUT2D eigenvalue weighted by molar-refractivity contribution is 6.04. The highest BCUT2D eigenvalue weighted by Crippen LogP contribution is 2.34. The smallest absolute Gasteiger partial charge is 0.322 e. The molecule has 3 heterocycles. The van der Waals surface area contributed by atoms with E-state index in [-0.39, 0.29) is 17.8 Å². The van der Waals surface area contributed by atoms with Gasteiger partial charge in [-0.15, -0.1) is 0 Å². The molecule has 1 saturated heterocycles. The summed E-state index contributed by atoms with van der Waals surface area (Å²) in [6.07, 6.45) is -2.91. The quantitative estimate of drug-likeness (QED) is 0.353. The summed E-state index contributed by atoms with van der Waals surface area (Å²) in [4.78, 5) is 21.5. The van der Waals surface area contributed by atoms with Gasteiger partial charge in [0.15, 0.2) is 5.65 Å². The van der Waals surface area contributed by atoms with E-state index in [4.69, 9.17) is 0 Å². The Balaban J connectivity index is 1.34. The van der Waals surface area contributed by atoms with Crippen molar-refractivity contribution in [2.24, 2.45) is 0 Å². The Morgan fingerprint density at radius 3 is 2.58 bits per heavy atom. The molecule has 1 aliphatic rings. The minimum Gasteiger partial charge on any atom is -0.322 e. The van der Waals surface area contributed by atoms with Crippen LogP contribution in [0.25, 0.3) is 11.0 Å². The van der Waals surface area contributed by atoms with E-state index in [9.17, 15) is 18.0 Å². The van der Waals surface area contributed by atoms with Crippen molar-refractivity contribution < 1.29 is 18.0 Å². The summed E-state index contributed by atoms with van der Waals surface area (Å²) < 4.78 is 41.9. The van der Waals surface area contributed by atoms with Crippen molar-refractivity contribution in [2.75, 3.05) is 38.5 Å². The van der Waals surface area contributed by atoms with E-state index in [1.54, 1.807) is 24.4 Å². The number of pyridine rings is 1. The van der Waals surface area contributed by atoms with E-state index < -0.39 is 17.6 Å². The standard InChI is InChI=1S/C30H29F3N6O/c1-19-4-6-23(15-22(19)7-5-21-14-26-20(2)36-37-28(26)34-17-21)29(40)35-25-9-8-24(27(16-25)30(31,32)33)18-39-12-10-38(3)11-13-39/h4,6,8-9,14-17H,10-13,18H2,1-3H3,(H,35,40)(H,34,36,37). The maximum Gasteiger partial charge on any atom is 0.416 e. The lowest BCUT2D eigenvalue weighted by molar-refractivity contribution is -0.138. The number of fused-ring (bicyclic) bond motifs is 1. The van der Waals surface area contributed by atoms with E-state index in [0.717, 1.165) is 35.8 Å². The molecule has 0 bridgehead atoms. The Kier molecular flexibility index (Phi) is 7.61. The van der Waals surface area contributed by atoms with Crippen molar-refractivity contribution in [3.05, 3.63) is 87.7 Å². The number of aryl methyl sites for hydroxylation is 2. The number of aromatic amines is 1. The predicted molar refractivity (Wildman–Crippen MR) is 148 cm³/mol. The van der Waals surface area contributed by atoms with Gasteiger partial charge in [-0.05, 0) is 62.4 Å². The number of hydrogen-bond donors (Lipinski definition) is 2. The molecule has 4 aromatic rings. The van der Waals surface area contributed by atoms with Gasteiger partial charge in [-0.25, -0.2) is 4.98 Å².